The maximum Gasteiger partial charge on any atom is 0.226 e. The Labute approximate surface area is 160 Å². The van der Waals surface area contributed by atoms with E-state index in [0.717, 1.165) is 67.3 Å². The van der Waals surface area contributed by atoms with Gasteiger partial charge in [-0.2, -0.15) is 0 Å². The molecule has 0 saturated heterocycles. The smallest absolute Gasteiger partial charge is 0.226 e. The van der Waals surface area contributed by atoms with Gasteiger partial charge in [0.05, 0.1) is 5.69 Å². The van der Waals surface area contributed by atoms with Crippen LogP contribution in [0.1, 0.15) is 56.2 Å². The molecule has 4 aliphatic carbocycles. The minimum absolute atomic E-state index is 0.139. The van der Waals surface area contributed by atoms with Crippen LogP contribution in [0.2, 0.25) is 0 Å². The summed E-state index contributed by atoms with van der Waals surface area (Å²) >= 11 is 0. The van der Waals surface area contributed by atoms with E-state index in [1.54, 1.807) is 6.33 Å². The molecular formula is C21H30N4O2. The molecule has 2 unspecified atom stereocenters. The summed E-state index contributed by atoms with van der Waals surface area (Å²) in [5.74, 6) is 3.54. The molecule has 6 nitrogen and oxygen atoms in total. The number of carbonyl (C=O) groups is 1. The third kappa shape index (κ3) is 3.27. The van der Waals surface area contributed by atoms with Crippen molar-refractivity contribution in [2.24, 2.45) is 23.2 Å². The molecule has 6 heteroatoms. The number of aliphatic hydroxyl groups is 1. The number of anilines is 1. The van der Waals surface area contributed by atoms with E-state index < -0.39 is 0 Å². The summed E-state index contributed by atoms with van der Waals surface area (Å²) in [4.78, 5) is 24.0. The van der Waals surface area contributed by atoms with Gasteiger partial charge in [-0.05, 0) is 68.1 Å². The first-order chi connectivity index (χ1) is 13.1. The lowest BCUT2D eigenvalue weighted by atomic mass is 9.67. The number of fused-ring (bicyclic) bond motifs is 1. The number of hydrogen-bond donors (Lipinski definition) is 2. The quantitative estimate of drug-likeness (QED) is 0.804. The van der Waals surface area contributed by atoms with E-state index in [2.05, 4.69) is 20.2 Å². The van der Waals surface area contributed by atoms with E-state index in [4.69, 9.17) is 5.11 Å². The first-order valence-electron chi connectivity index (χ1n) is 10.6. The van der Waals surface area contributed by atoms with Crippen molar-refractivity contribution in [3.05, 3.63) is 17.6 Å². The largest absolute Gasteiger partial charge is 0.396 e. The summed E-state index contributed by atoms with van der Waals surface area (Å²) in [5.41, 5.74) is 2.39. The van der Waals surface area contributed by atoms with Gasteiger partial charge in [-0.1, -0.05) is 0 Å². The fraction of sp³-hybridized carbons (Fsp3) is 0.762. The molecule has 0 radical (unpaired) electrons. The predicted octanol–water partition coefficient (Wildman–Crippen LogP) is 2.37. The van der Waals surface area contributed by atoms with Crippen LogP contribution in [-0.4, -0.2) is 45.6 Å². The number of aliphatic hydroxyl groups excluding tert-OH is 1. The number of hydrogen-bond acceptors (Lipinski definition) is 5. The average Bonchev–Trinajstić information content (AvgIpc) is 3.06. The average molecular weight is 370 g/mol. The summed E-state index contributed by atoms with van der Waals surface area (Å²) in [6, 6.07) is 0. The second kappa shape index (κ2) is 6.82. The number of nitrogens with one attached hydrogen (secondary N) is 1. The molecule has 146 valence electrons. The van der Waals surface area contributed by atoms with Crippen molar-refractivity contribution in [3.63, 3.8) is 0 Å². The number of amides is 1. The Morgan fingerprint density at radius 1 is 1.26 bits per heavy atom. The zero-order valence-corrected chi connectivity index (χ0v) is 16.0. The molecule has 1 aromatic rings. The van der Waals surface area contributed by atoms with E-state index in [1.807, 2.05) is 0 Å². The lowest BCUT2D eigenvalue weighted by molar-refractivity contribution is -0.119. The van der Waals surface area contributed by atoms with Crippen LogP contribution in [0.25, 0.3) is 0 Å². The molecule has 5 aliphatic rings. The van der Waals surface area contributed by atoms with Crippen molar-refractivity contribution in [3.8, 4) is 0 Å². The van der Waals surface area contributed by atoms with Crippen LogP contribution < -0.4 is 5.32 Å². The third-order valence-corrected chi connectivity index (χ3v) is 7.56. The number of aromatic nitrogens is 2. The van der Waals surface area contributed by atoms with Crippen LogP contribution >= 0.6 is 0 Å². The standard InChI is InChI=1S/C21H30N4O2/c26-5-1-3-25-4-2-17-18(12-25)22-13-23-20(17)24-19(27)11-21-8-14-6-15(9-21)16(7-14)10-21/h13-16,26H,1-12H2,(H,22,23,24,27). The molecule has 2 N–H and O–H groups in total. The Kier molecular flexibility index (Phi) is 4.43. The van der Waals surface area contributed by atoms with E-state index in [9.17, 15) is 4.79 Å². The van der Waals surface area contributed by atoms with Crippen molar-refractivity contribution >= 4 is 11.7 Å². The van der Waals surface area contributed by atoms with E-state index in [0.29, 0.717) is 6.42 Å². The van der Waals surface area contributed by atoms with E-state index in [1.165, 1.54) is 32.1 Å². The third-order valence-electron chi connectivity index (χ3n) is 7.56. The summed E-state index contributed by atoms with van der Waals surface area (Å²) in [6.45, 7) is 2.81. The molecule has 2 heterocycles. The van der Waals surface area contributed by atoms with E-state index in [-0.39, 0.29) is 17.9 Å². The molecule has 6 rings (SSSR count). The Morgan fingerprint density at radius 3 is 2.81 bits per heavy atom. The highest BCUT2D eigenvalue weighted by molar-refractivity contribution is 5.91. The van der Waals surface area contributed by atoms with Crippen molar-refractivity contribution in [1.29, 1.82) is 0 Å². The fourth-order valence-electron chi connectivity index (χ4n) is 6.71. The van der Waals surface area contributed by atoms with Crippen LogP contribution in [0, 0.1) is 23.2 Å². The summed E-state index contributed by atoms with van der Waals surface area (Å²) in [5, 5.41) is 12.2. The summed E-state index contributed by atoms with van der Waals surface area (Å²) < 4.78 is 0. The molecule has 27 heavy (non-hydrogen) atoms. The second-order valence-electron chi connectivity index (χ2n) is 9.45. The minimum atomic E-state index is 0.139. The monoisotopic (exact) mass is 370 g/mol. The van der Waals surface area contributed by atoms with Crippen molar-refractivity contribution in [1.82, 2.24) is 14.9 Å². The fourth-order valence-corrected chi connectivity index (χ4v) is 6.71. The number of rotatable bonds is 6. The van der Waals surface area contributed by atoms with Crippen molar-refractivity contribution in [2.45, 2.75) is 57.9 Å². The van der Waals surface area contributed by atoms with Gasteiger partial charge in [0.25, 0.3) is 0 Å². The molecule has 4 saturated carbocycles. The van der Waals surface area contributed by atoms with Gasteiger partial charge in [-0.3, -0.25) is 9.69 Å². The molecule has 1 aromatic heterocycles. The van der Waals surface area contributed by atoms with Crippen LogP contribution in [0.4, 0.5) is 5.82 Å². The summed E-state index contributed by atoms with van der Waals surface area (Å²) in [7, 11) is 0. The van der Waals surface area contributed by atoms with Crippen molar-refractivity contribution in [2.75, 3.05) is 25.0 Å². The molecular weight excluding hydrogens is 340 g/mol. The lowest BCUT2D eigenvalue weighted by Gasteiger charge is -2.38. The highest BCUT2D eigenvalue weighted by Gasteiger charge is 2.56. The maximum absolute atomic E-state index is 12.9. The topological polar surface area (TPSA) is 78.4 Å². The Morgan fingerprint density at radius 2 is 2.07 bits per heavy atom. The maximum atomic E-state index is 12.9. The Bertz CT molecular complexity index is 717. The highest BCUT2D eigenvalue weighted by Crippen LogP contribution is 2.65. The lowest BCUT2D eigenvalue weighted by Crippen LogP contribution is -2.34. The van der Waals surface area contributed by atoms with Gasteiger partial charge in [0, 0.05) is 38.2 Å². The molecule has 0 spiro atoms. The van der Waals surface area contributed by atoms with Gasteiger partial charge >= 0.3 is 0 Å². The van der Waals surface area contributed by atoms with E-state index >= 15 is 0 Å². The first-order valence-corrected chi connectivity index (χ1v) is 10.6. The molecule has 0 aromatic carbocycles. The van der Waals surface area contributed by atoms with Gasteiger partial charge < -0.3 is 10.4 Å². The van der Waals surface area contributed by atoms with Gasteiger partial charge in [0.15, 0.2) is 0 Å². The van der Waals surface area contributed by atoms with Gasteiger partial charge in [-0.15, -0.1) is 0 Å². The highest BCUT2D eigenvalue weighted by atomic mass is 16.3. The van der Waals surface area contributed by atoms with Gasteiger partial charge in [0.2, 0.25) is 5.91 Å². The van der Waals surface area contributed by atoms with Crippen LogP contribution in [0.5, 0.6) is 0 Å². The Balaban J connectivity index is 1.25. The van der Waals surface area contributed by atoms with Crippen LogP contribution in [0.15, 0.2) is 6.33 Å². The number of carbonyl (C=O) groups excluding carboxylic acids is 1. The second-order valence-corrected chi connectivity index (χ2v) is 9.45. The molecule has 1 amide bonds. The van der Waals surface area contributed by atoms with Crippen LogP contribution in [0.3, 0.4) is 0 Å². The molecule has 4 bridgehead atoms. The van der Waals surface area contributed by atoms with Crippen molar-refractivity contribution < 1.29 is 9.90 Å². The normalized spacial score (nSPS) is 34.0. The zero-order chi connectivity index (χ0) is 18.4. The molecule has 2 atom stereocenters. The predicted molar refractivity (Wildman–Crippen MR) is 102 cm³/mol. The zero-order valence-electron chi connectivity index (χ0n) is 16.0. The minimum Gasteiger partial charge on any atom is -0.396 e. The SMILES string of the molecule is O=C(CC12CC3CC(C1)C(C3)C2)Nc1ncnc2c1CCN(CCCO)C2. The molecule has 4 fully saturated rings. The van der Waals surface area contributed by atoms with Gasteiger partial charge in [-0.25, -0.2) is 9.97 Å². The first kappa shape index (κ1) is 17.6. The summed E-state index contributed by atoms with van der Waals surface area (Å²) in [6.07, 6.45) is 10.5. The van der Waals surface area contributed by atoms with Gasteiger partial charge in [0.1, 0.15) is 12.1 Å². The Hall–Kier alpha value is -1.53. The van der Waals surface area contributed by atoms with Crippen LogP contribution in [-0.2, 0) is 17.8 Å². The number of nitrogens with zero attached hydrogens (tertiary/aromatic N) is 3. The molecule has 1 aliphatic heterocycles.